The molecule has 0 unspecified atom stereocenters. The summed E-state index contributed by atoms with van der Waals surface area (Å²) in [6, 6.07) is 4.85. The Morgan fingerprint density at radius 2 is 1.67 bits per heavy atom. The SMILES string of the molecule is CCCCOC(OCCCC)C(C)(C)C(=O)c1cc(Cl)ccc1NC(C)=O. The van der Waals surface area contributed by atoms with Crippen molar-refractivity contribution in [2.75, 3.05) is 18.5 Å². The van der Waals surface area contributed by atoms with Crippen LogP contribution in [0.1, 0.15) is 70.7 Å². The normalized spacial score (nSPS) is 11.7. The first kappa shape index (κ1) is 23.6. The lowest BCUT2D eigenvalue weighted by Crippen LogP contribution is -2.41. The molecule has 0 aromatic heterocycles. The lowest BCUT2D eigenvalue weighted by Gasteiger charge is -2.33. The van der Waals surface area contributed by atoms with Crippen molar-refractivity contribution >= 4 is 29.0 Å². The monoisotopic (exact) mass is 397 g/mol. The number of benzene rings is 1. The van der Waals surface area contributed by atoms with E-state index in [1.807, 2.05) is 0 Å². The number of amides is 1. The minimum atomic E-state index is -0.945. The van der Waals surface area contributed by atoms with Gasteiger partial charge in [0.2, 0.25) is 5.91 Å². The summed E-state index contributed by atoms with van der Waals surface area (Å²) in [5.74, 6) is -0.439. The second-order valence-electron chi connectivity index (χ2n) is 7.20. The first-order chi connectivity index (χ1) is 12.7. The van der Waals surface area contributed by atoms with Gasteiger partial charge < -0.3 is 14.8 Å². The molecule has 0 fully saturated rings. The van der Waals surface area contributed by atoms with Crippen LogP contribution in [0.3, 0.4) is 0 Å². The Morgan fingerprint density at radius 1 is 1.11 bits per heavy atom. The van der Waals surface area contributed by atoms with Crippen molar-refractivity contribution in [1.29, 1.82) is 0 Å². The average molecular weight is 398 g/mol. The number of carbonyl (C=O) groups excluding carboxylic acids is 2. The van der Waals surface area contributed by atoms with Gasteiger partial charge in [0.15, 0.2) is 12.1 Å². The second-order valence-corrected chi connectivity index (χ2v) is 7.64. The van der Waals surface area contributed by atoms with Gasteiger partial charge in [0.05, 0.1) is 11.1 Å². The van der Waals surface area contributed by atoms with Gasteiger partial charge in [0.1, 0.15) is 0 Å². The maximum atomic E-state index is 13.4. The molecule has 0 atom stereocenters. The summed E-state index contributed by atoms with van der Waals surface area (Å²) in [6.07, 6.45) is 3.11. The highest BCUT2D eigenvalue weighted by Crippen LogP contribution is 2.33. The largest absolute Gasteiger partial charge is 0.352 e. The van der Waals surface area contributed by atoms with Crippen molar-refractivity contribution in [3.8, 4) is 0 Å². The van der Waals surface area contributed by atoms with Gasteiger partial charge in [-0.25, -0.2) is 0 Å². The number of unbranched alkanes of at least 4 members (excludes halogenated alkanes) is 2. The fraction of sp³-hybridized carbons (Fsp3) is 0.619. The average Bonchev–Trinajstić information content (AvgIpc) is 2.61. The van der Waals surface area contributed by atoms with E-state index in [1.165, 1.54) is 6.92 Å². The number of ketones is 1. The van der Waals surface area contributed by atoms with Crippen molar-refractivity contribution in [3.05, 3.63) is 28.8 Å². The van der Waals surface area contributed by atoms with Gasteiger partial charge in [0.25, 0.3) is 0 Å². The van der Waals surface area contributed by atoms with E-state index in [1.54, 1.807) is 32.0 Å². The molecule has 6 heteroatoms. The van der Waals surface area contributed by atoms with E-state index in [9.17, 15) is 9.59 Å². The first-order valence-corrected chi connectivity index (χ1v) is 9.96. The van der Waals surface area contributed by atoms with E-state index < -0.39 is 11.7 Å². The van der Waals surface area contributed by atoms with Gasteiger partial charge >= 0.3 is 0 Å². The van der Waals surface area contributed by atoms with E-state index in [0.29, 0.717) is 29.5 Å². The summed E-state index contributed by atoms with van der Waals surface area (Å²) >= 11 is 6.10. The van der Waals surface area contributed by atoms with Crippen LogP contribution in [0.4, 0.5) is 5.69 Å². The number of Topliss-reactive ketones (excluding diaryl/α,β-unsaturated/α-hetero) is 1. The number of nitrogens with one attached hydrogen (secondary N) is 1. The maximum absolute atomic E-state index is 13.4. The zero-order valence-electron chi connectivity index (χ0n) is 17.1. The van der Waals surface area contributed by atoms with Gasteiger partial charge in [-0.05, 0) is 44.9 Å². The minimum absolute atomic E-state index is 0.188. The Bertz CT molecular complexity index is 621. The highest BCUT2D eigenvalue weighted by Gasteiger charge is 2.40. The van der Waals surface area contributed by atoms with Crippen molar-refractivity contribution in [1.82, 2.24) is 0 Å². The molecule has 1 aromatic carbocycles. The molecule has 1 aromatic rings. The Labute approximate surface area is 167 Å². The van der Waals surface area contributed by atoms with Crippen LogP contribution in [0.25, 0.3) is 0 Å². The Hall–Kier alpha value is -1.43. The third-order valence-electron chi connectivity index (χ3n) is 4.25. The quantitative estimate of drug-likeness (QED) is 0.288. The summed E-state index contributed by atoms with van der Waals surface area (Å²) in [5.41, 5.74) is -0.156. The fourth-order valence-electron chi connectivity index (χ4n) is 2.59. The number of ether oxygens (including phenoxy) is 2. The van der Waals surface area contributed by atoms with Crippen LogP contribution in [0.15, 0.2) is 18.2 Å². The molecule has 0 aliphatic heterocycles. The molecule has 0 bridgehead atoms. The zero-order valence-corrected chi connectivity index (χ0v) is 17.8. The maximum Gasteiger partial charge on any atom is 0.221 e. The van der Waals surface area contributed by atoms with E-state index >= 15 is 0 Å². The molecule has 5 nitrogen and oxygen atoms in total. The van der Waals surface area contributed by atoms with Crippen molar-refractivity contribution < 1.29 is 19.1 Å². The molecule has 1 N–H and O–H groups in total. The van der Waals surface area contributed by atoms with Crippen LogP contribution >= 0.6 is 11.6 Å². The predicted octanol–water partition coefficient (Wildman–Crippen LogP) is 5.47. The third kappa shape index (κ3) is 7.24. The molecule has 0 aliphatic rings. The summed E-state index contributed by atoms with van der Waals surface area (Å²) in [4.78, 5) is 24.9. The molecule has 1 rings (SSSR count). The summed E-state index contributed by atoms with van der Waals surface area (Å²) < 4.78 is 11.8. The Morgan fingerprint density at radius 3 is 2.15 bits per heavy atom. The number of rotatable bonds is 12. The van der Waals surface area contributed by atoms with Crippen LogP contribution in [0.5, 0.6) is 0 Å². The van der Waals surface area contributed by atoms with E-state index in [-0.39, 0.29) is 11.7 Å². The number of hydrogen-bond acceptors (Lipinski definition) is 4. The fourth-order valence-corrected chi connectivity index (χ4v) is 2.76. The summed E-state index contributed by atoms with van der Waals surface area (Å²) in [7, 11) is 0. The number of anilines is 1. The number of halogens is 1. The topological polar surface area (TPSA) is 64.6 Å². The van der Waals surface area contributed by atoms with Crippen LogP contribution < -0.4 is 5.32 Å². The van der Waals surface area contributed by atoms with Crippen LogP contribution in [0, 0.1) is 5.41 Å². The molecular weight excluding hydrogens is 366 g/mol. The molecule has 0 saturated carbocycles. The van der Waals surface area contributed by atoms with Crippen molar-refractivity contribution in [2.24, 2.45) is 5.41 Å². The summed E-state index contributed by atoms with van der Waals surface area (Å²) in [5, 5.41) is 3.13. The first-order valence-electron chi connectivity index (χ1n) is 9.59. The predicted molar refractivity (Wildman–Crippen MR) is 109 cm³/mol. The summed E-state index contributed by atoms with van der Waals surface area (Å²) in [6.45, 7) is 10.2. The molecule has 1 amide bonds. The number of hydrogen-bond donors (Lipinski definition) is 1. The van der Waals surface area contributed by atoms with Crippen molar-refractivity contribution in [2.45, 2.75) is 66.6 Å². The molecule has 0 saturated heterocycles. The van der Waals surface area contributed by atoms with E-state index in [4.69, 9.17) is 21.1 Å². The molecule has 0 radical (unpaired) electrons. The van der Waals surface area contributed by atoms with Crippen LogP contribution in [0.2, 0.25) is 5.02 Å². The minimum Gasteiger partial charge on any atom is -0.352 e. The Kier molecular flexibility index (Phi) is 9.99. The van der Waals surface area contributed by atoms with Gasteiger partial charge in [0, 0.05) is 30.7 Å². The highest BCUT2D eigenvalue weighted by molar-refractivity contribution is 6.31. The zero-order chi connectivity index (χ0) is 20.4. The van der Waals surface area contributed by atoms with Crippen LogP contribution in [-0.2, 0) is 14.3 Å². The lowest BCUT2D eigenvalue weighted by molar-refractivity contribution is -0.186. The van der Waals surface area contributed by atoms with Gasteiger partial charge in [-0.3, -0.25) is 9.59 Å². The Balaban J connectivity index is 3.13. The van der Waals surface area contributed by atoms with Gasteiger partial charge in [-0.1, -0.05) is 38.3 Å². The standard InChI is InChI=1S/C21H32ClNO4/c1-6-8-12-26-20(27-13-9-7-2)21(4,5)19(25)17-14-16(22)10-11-18(17)23-15(3)24/h10-11,14,20H,6-9,12-13H2,1-5H3,(H,23,24). The molecular formula is C21H32ClNO4. The van der Waals surface area contributed by atoms with E-state index in [0.717, 1.165) is 25.7 Å². The highest BCUT2D eigenvalue weighted by atomic mass is 35.5. The molecule has 27 heavy (non-hydrogen) atoms. The molecule has 152 valence electrons. The smallest absolute Gasteiger partial charge is 0.221 e. The van der Waals surface area contributed by atoms with E-state index in [2.05, 4.69) is 19.2 Å². The molecule has 0 spiro atoms. The van der Waals surface area contributed by atoms with Crippen LogP contribution in [-0.4, -0.2) is 31.2 Å². The third-order valence-corrected chi connectivity index (χ3v) is 4.48. The number of carbonyl (C=O) groups is 2. The van der Waals surface area contributed by atoms with Crippen molar-refractivity contribution in [3.63, 3.8) is 0 Å². The van der Waals surface area contributed by atoms with Gasteiger partial charge in [-0.2, -0.15) is 0 Å². The van der Waals surface area contributed by atoms with Gasteiger partial charge in [-0.15, -0.1) is 0 Å². The second kappa shape index (κ2) is 11.4. The molecule has 0 aliphatic carbocycles. The lowest BCUT2D eigenvalue weighted by atomic mass is 9.82. The molecule has 0 heterocycles.